The lowest BCUT2D eigenvalue weighted by molar-refractivity contribution is -0.659. The van der Waals surface area contributed by atoms with Crippen LogP contribution in [0.1, 0.15) is 5.56 Å². The minimum Gasteiger partial charge on any atom is -0.200 e. The SMILES string of the molecule is Cc1ccccc1-c1c2sc3ccc4c5ccccc5sc4c3c2cc[n+]1C. The highest BCUT2D eigenvalue weighted by molar-refractivity contribution is 7.30. The van der Waals surface area contributed by atoms with E-state index in [0.29, 0.717) is 0 Å². The minimum absolute atomic E-state index is 1.31. The van der Waals surface area contributed by atoms with E-state index in [0.717, 1.165) is 0 Å². The Kier molecular flexibility index (Phi) is 3.40. The topological polar surface area (TPSA) is 3.88 Å². The van der Waals surface area contributed by atoms with Gasteiger partial charge < -0.3 is 0 Å². The van der Waals surface area contributed by atoms with Crippen molar-refractivity contribution in [3.8, 4) is 11.3 Å². The highest BCUT2D eigenvalue weighted by Crippen LogP contribution is 2.45. The average Bonchev–Trinajstić information content (AvgIpc) is 3.26. The summed E-state index contributed by atoms with van der Waals surface area (Å²) < 4.78 is 7.79. The second kappa shape index (κ2) is 5.87. The minimum atomic E-state index is 1.31. The van der Waals surface area contributed by atoms with Crippen LogP contribution in [0, 0.1) is 6.92 Å². The molecule has 0 aliphatic carbocycles. The van der Waals surface area contributed by atoms with Crippen molar-refractivity contribution in [1.29, 1.82) is 0 Å². The monoisotopic (exact) mass is 396 g/mol. The maximum absolute atomic E-state index is 2.31. The van der Waals surface area contributed by atoms with E-state index in [9.17, 15) is 0 Å². The van der Waals surface area contributed by atoms with Gasteiger partial charge in [0, 0.05) is 41.7 Å². The molecule has 0 saturated heterocycles. The third-order valence-electron chi connectivity index (χ3n) is 5.67. The van der Waals surface area contributed by atoms with Gasteiger partial charge in [-0.15, -0.1) is 22.7 Å². The Labute approximate surface area is 171 Å². The summed E-state index contributed by atoms with van der Waals surface area (Å²) in [6.45, 7) is 2.20. The van der Waals surface area contributed by atoms with Crippen LogP contribution >= 0.6 is 22.7 Å². The van der Waals surface area contributed by atoms with Crippen molar-refractivity contribution in [2.24, 2.45) is 7.05 Å². The van der Waals surface area contributed by atoms with E-state index in [1.54, 1.807) is 0 Å². The number of nitrogens with zero attached hydrogens (tertiary/aromatic N) is 1. The first-order chi connectivity index (χ1) is 13.7. The quantitative estimate of drug-likeness (QED) is 0.258. The summed E-state index contributed by atoms with van der Waals surface area (Å²) in [6, 6.07) is 24.4. The van der Waals surface area contributed by atoms with Crippen LogP contribution < -0.4 is 4.57 Å². The predicted octanol–water partition coefficient (Wildman–Crippen LogP) is 7.22. The van der Waals surface area contributed by atoms with Crippen molar-refractivity contribution in [1.82, 2.24) is 0 Å². The standard InChI is InChI=1S/C25H18NS2/c1-15-7-3-4-8-16(15)23-25-19(13-14-26(23)2)22-21(28-25)12-11-18-17-9-5-6-10-20(17)27-24(18)22/h3-14H,1-2H3/q+1. The molecule has 1 nitrogen and oxygen atoms in total. The first kappa shape index (κ1) is 16.2. The molecule has 0 bridgehead atoms. The van der Waals surface area contributed by atoms with Crippen molar-refractivity contribution in [3.63, 3.8) is 0 Å². The van der Waals surface area contributed by atoms with Gasteiger partial charge in [0.25, 0.3) is 0 Å². The van der Waals surface area contributed by atoms with Crippen LogP contribution in [0.15, 0.2) is 72.9 Å². The van der Waals surface area contributed by atoms with E-state index in [2.05, 4.69) is 91.5 Å². The smallest absolute Gasteiger partial charge is 0.200 e. The first-order valence-corrected chi connectivity index (χ1v) is 11.1. The zero-order chi connectivity index (χ0) is 18.8. The number of fused-ring (bicyclic) bond motifs is 7. The Hall–Kier alpha value is -2.75. The number of thiophene rings is 2. The van der Waals surface area contributed by atoms with Gasteiger partial charge in [0.15, 0.2) is 6.20 Å². The molecule has 0 fully saturated rings. The molecule has 0 spiro atoms. The molecule has 3 heterocycles. The van der Waals surface area contributed by atoms with Crippen molar-refractivity contribution < 1.29 is 4.57 Å². The third kappa shape index (κ3) is 2.15. The molecule has 134 valence electrons. The fourth-order valence-electron chi connectivity index (χ4n) is 4.30. The van der Waals surface area contributed by atoms with Gasteiger partial charge in [-0.1, -0.05) is 42.5 Å². The maximum Gasteiger partial charge on any atom is 0.230 e. The van der Waals surface area contributed by atoms with Gasteiger partial charge in [-0.3, -0.25) is 0 Å². The van der Waals surface area contributed by atoms with E-state index in [1.807, 2.05) is 22.7 Å². The number of benzene rings is 3. The molecule has 0 unspecified atom stereocenters. The molecule has 0 amide bonds. The van der Waals surface area contributed by atoms with Gasteiger partial charge in [0.05, 0.1) is 5.56 Å². The molecule has 3 aromatic carbocycles. The summed E-state index contributed by atoms with van der Waals surface area (Å²) in [5, 5.41) is 5.52. The zero-order valence-corrected chi connectivity index (χ0v) is 17.3. The lowest BCUT2D eigenvalue weighted by atomic mass is 10.0. The Bertz CT molecular complexity index is 1530. The Balaban J connectivity index is 1.81. The van der Waals surface area contributed by atoms with Gasteiger partial charge in [-0.25, -0.2) is 0 Å². The molecule has 0 aliphatic rings. The summed E-state index contributed by atoms with van der Waals surface area (Å²) >= 11 is 3.84. The van der Waals surface area contributed by atoms with Crippen LogP contribution in [0.5, 0.6) is 0 Å². The van der Waals surface area contributed by atoms with Crippen LogP contribution in [0.3, 0.4) is 0 Å². The van der Waals surface area contributed by atoms with Crippen molar-refractivity contribution in [3.05, 3.63) is 78.5 Å². The molecule has 0 N–H and O–H groups in total. The third-order valence-corrected chi connectivity index (χ3v) is 8.05. The Morgan fingerprint density at radius 2 is 1.46 bits per heavy atom. The second-order valence-corrected chi connectivity index (χ2v) is 9.45. The molecule has 6 aromatic rings. The van der Waals surface area contributed by atoms with Gasteiger partial charge in [-0.05, 0) is 30.7 Å². The summed E-state index contributed by atoms with van der Waals surface area (Å²) in [5.74, 6) is 0. The van der Waals surface area contributed by atoms with Gasteiger partial charge in [-0.2, -0.15) is 4.57 Å². The van der Waals surface area contributed by atoms with Crippen LogP contribution in [-0.4, -0.2) is 0 Å². The lowest BCUT2D eigenvalue weighted by Gasteiger charge is -2.05. The number of pyridine rings is 1. The molecular formula is C25H18NS2+. The molecule has 0 atom stereocenters. The van der Waals surface area contributed by atoms with E-state index in [-0.39, 0.29) is 0 Å². The van der Waals surface area contributed by atoms with Crippen LogP contribution in [0.2, 0.25) is 0 Å². The van der Waals surface area contributed by atoms with Crippen LogP contribution in [-0.2, 0) is 7.05 Å². The maximum atomic E-state index is 2.31. The summed E-state index contributed by atoms with van der Waals surface area (Å²) in [6.07, 6.45) is 2.21. The number of aromatic nitrogens is 1. The Morgan fingerprint density at radius 3 is 2.36 bits per heavy atom. The number of hydrogen-bond acceptors (Lipinski definition) is 2. The molecule has 3 aromatic heterocycles. The van der Waals surface area contributed by atoms with E-state index >= 15 is 0 Å². The molecule has 0 saturated carbocycles. The zero-order valence-electron chi connectivity index (χ0n) is 15.7. The van der Waals surface area contributed by atoms with Crippen LogP contribution in [0.4, 0.5) is 0 Å². The van der Waals surface area contributed by atoms with Gasteiger partial charge in [0.2, 0.25) is 5.69 Å². The molecule has 3 heteroatoms. The highest BCUT2D eigenvalue weighted by Gasteiger charge is 2.22. The van der Waals surface area contributed by atoms with Crippen molar-refractivity contribution in [2.75, 3.05) is 0 Å². The van der Waals surface area contributed by atoms with E-state index in [4.69, 9.17) is 0 Å². The summed E-state index contributed by atoms with van der Waals surface area (Å²) in [5.41, 5.74) is 3.94. The van der Waals surface area contributed by atoms with Crippen molar-refractivity contribution in [2.45, 2.75) is 6.92 Å². The van der Waals surface area contributed by atoms with E-state index in [1.165, 1.54) is 57.2 Å². The molecular weight excluding hydrogens is 378 g/mol. The van der Waals surface area contributed by atoms with Gasteiger partial charge >= 0.3 is 0 Å². The Morgan fingerprint density at radius 1 is 0.679 bits per heavy atom. The molecule has 0 aliphatic heterocycles. The van der Waals surface area contributed by atoms with Gasteiger partial charge in [0.1, 0.15) is 11.7 Å². The lowest BCUT2D eigenvalue weighted by Crippen LogP contribution is -2.30. The normalized spacial score (nSPS) is 11.9. The number of aryl methyl sites for hydroxylation is 2. The number of rotatable bonds is 1. The number of hydrogen-bond donors (Lipinski definition) is 0. The molecule has 0 radical (unpaired) electrons. The second-order valence-electron chi connectivity index (χ2n) is 7.35. The van der Waals surface area contributed by atoms with Crippen LogP contribution in [0.25, 0.3) is 51.6 Å². The summed E-state index contributed by atoms with van der Waals surface area (Å²) in [7, 11) is 2.15. The predicted molar refractivity (Wildman–Crippen MR) is 124 cm³/mol. The fraction of sp³-hybridized carbons (Fsp3) is 0.0800. The highest BCUT2D eigenvalue weighted by atomic mass is 32.1. The van der Waals surface area contributed by atoms with Crippen molar-refractivity contribution >= 4 is 63.0 Å². The largest absolute Gasteiger partial charge is 0.230 e. The summed E-state index contributed by atoms with van der Waals surface area (Å²) in [4.78, 5) is 0. The average molecular weight is 397 g/mol. The molecule has 28 heavy (non-hydrogen) atoms. The first-order valence-electron chi connectivity index (χ1n) is 9.43. The fourth-order valence-corrected chi connectivity index (χ4v) is 6.93. The van der Waals surface area contributed by atoms with E-state index < -0.39 is 0 Å². The molecule has 6 rings (SSSR count).